The van der Waals surface area contributed by atoms with Gasteiger partial charge in [0.2, 0.25) is 0 Å². The molecule has 0 fully saturated rings. The second-order valence-corrected chi connectivity index (χ2v) is 14.2. The number of hydrogen-bond acceptors (Lipinski definition) is 1. The van der Waals surface area contributed by atoms with Gasteiger partial charge >= 0.3 is 0 Å². The van der Waals surface area contributed by atoms with Crippen LogP contribution in [0.4, 0.5) is 0 Å². The number of rotatable bonds is 3. The molecule has 0 radical (unpaired) electrons. The van der Waals surface area contributed by atoms with E-state index in [4.69, 9.17) is 11.8 Å². The molecule has 0 unspecified atom stereocenters. The minimum Gasteiger partial charge on any atom is -0.131 e. The zero-order valence-corrected chi connectivity index (χ0v) is 12.8. The molecule has 0 aromatic heterocycles. The van der Waals surface area contributed by atoms with Crippen molar-refractivity contribution in [2.45, 2.75) is 19.0 Å². The molecule has 0 bridgehead atoms. The van der Waals surface area contributed by atoms with E-state index in [1.807, 2.05) is 18.2 Å². The molecule has 0 nitrogen and oxygen atoms in total. The van der Waals surface area contributed by atoms with Gasteiger partial charge in [-0.05, 0) is 18.1 Å². The molecule has 1 aromatic carbocycles. The monoisotopic (exact) mass is 326 g/mol. The summed E-state index contributed by atoms with van der Waals surface area (Å²) in [7, 11) is 0. The van der Waals surface area contributed by atoms with Crippen molar-refractivity contribution < 1.29 is 0 Å². The first-order valence-electron chi connectivity index (χ1n) is 4.20. The molecular formula is C9H12BrPS3. The highest BCUT2D eigenvalue weighted by atomic mass is 79.9. The van der Waals surface area contributed by atoms with Gasteiger partial charge in [-0.3, -0.25) is 0 Å². The molecule has 5 heteroatoms. The molecule has 14 heavy (non-hydrogen) atoms. The van der Waals surface area contributed by atoms with E-state index in [0.717, 1.165) is 10.9 Å². The Morgan fingerprint density at radius 1 is 1.43 bits per heavy atom. The fourth-order valence-corrected chi connectivity index (χ4v) is 2.70. The quantitative estimate of drug-likeness (QED) is 0.607. The summed E-state index contributed by atoms with van der Waals surface area (Å²) >= 11 is 17.6. The van der Waals surface area contributed by atoms with Crippen LogP contribution < -0.4 is 0 Å². The Kier molecular flexibility index (Phi) is 5.06. The van der Waals surface area contributed by atoms with Gasteiger partial charge in [0.05, 0.1) is 4.44 Å². The highest BCUT2D eigenvalue weighted by Crippen LogP contribution is 2.60. The van der Waals surface area contributed by atoms with E-state index in [1.165, 1.54) is 5.56 Å². The van der Waals surface area contributed by atoms with Crippen LogP contribution in [0.1, 0.15) is 12.5 Å². The maximum atomic E-state index is 5.27. The van der Waals surface area contributed by atoms with Crippen molar-refractivity contribution in [3.8, 4) is 0 Å². The van der Waals surface area contributed by atoms with E-state index in [9.17, 15) is 0 Å². The summed E-state index contributed by atoms with van der Waals surface area (Å²) < 4.78 is -0.605. The van der Waals surface area contributed by atoms with Crippen molar-refractivity contribution in [1.82, 2.24) is 0 Å². The molecule has 0 amide bonds. The Hall–Kier alpha value is 1.05. The summed E-state index contributed by atoms with van der Waals surface area (Å²) in [5, 5.41) is 0. The molecule has 0 N–H and O–H groups in total. The Bertz CT molecular complexity index is 361. The average Bonchev–Trinajstić information content (AvgIpc) is 2.07. The molecule has 0 heterocycles. The Morgan fingerprint density at radius 2 is 2.00 bits per heavy atom. The smallest absolute Gasteiger partial charge is 0.0544 e. The van der Waals surface area contributed by atoms with Crippen molar-refractivity contribution in [1.29, 1.82) is 0 Å². The Labute approximate surface area is 109 Å². The summed E-state index contributed by atoms with van der Waals surface area (Å²) in [6.45, 7) is 2.11. The lowest BCUT2D eigenvalue weighted by molar-refractivity contribution is 0.935. The van der Waals surface area contributed by atoms with Crippen molar-refractivity contribution in [3.05, 3.63) is 34.3 Å². The standard InChI is InChI=1S/C9H12BrPS3/c1-7(11(12,13)14)6-8-4-2-3-5-9(8)10/h2-5,7H,6H2,1H3,(H2,12,13,14)/t7-/m0/s1. The second kappa shape index (κ2) is 5.40. The molecule has 78 valence electrons. The van der Waals surface area contributed by atoms with Gasteiger partial charge in [0.25, 0.3) is 0 Å². The van der Waals surface area contributed by atoms with Crippen molar-refractivity contribution in [2.75, 3.05) is 0 Å². The largest absolute Gasteiger partial charge is 0.131 e. The predicted molar refractivity (Wildman–Crippen MR) is 79.6 cm³/mol. The van der Waals surface area contributed by atoms with Gasteiger partial charge in [0, 0.05) is 10.1 Å². The van der Waals surface area contributed by atoms with Crippen LogP contribution in [-0.4, -0.2) is 5.66 Å². The SMILES string of the molecule is C[C@@H](Cc1ccccc1Br)P(=S)(S)S. The molecular weight excluding hydrogens is 315 g/mol. The molecule has 0 saturated carbocycles. The van der Waals surface area contributed by atoms with E-state index in [2.05, 4.69) is 53.4 Å². The van der Waals surface area contributed by atoms with Crippen LogP contribution in [0.25, 0.3) is 0 Å². The topological polar surface area (TPSA) is 0 Å². The van der Waals surface area contributed by atoms with Gasteiger partial charge < -0.3 is 0 Å². The molecule has 1 aromatic rings. The minimum absolute atomic E-state index is 0.350. The van der Waals surface area contributed by atoms with Crippen LogP contribution in [0.5, 0.6) is 0 Å². The Morgan fingerprint density at radius 3 is 2.50 bits per heavy atom. The first-order valence-corrected chi connectivity index (χ1v) is 10.2. The van der Waals surface area contributed by atoms with Gasteiger partial charge in [-0.15, -0.1) is 24.5 Å². The molecule has 0 spiro atoms. The third-order valence-electron chi connectivity index (χ3n) is 2.05. The summed E-state index contributed by atoms with van der Waals surface area (Å²) in [6.07, 6.45) is 0.936. The third-order valence-corrected chi connectivity index (χ3v) is 7.60. The van der Waals surface area contributed by atoms with Crippen molar-refractivity contribution >= 4 is 56.7 Å². The fraction of sp³-hybridized carbons (Fsp3) is 0.333. The first kappa shape index (κ1) is 13.1. The van der Waals surface area contributed by atoms with Crippen molar-refractivity contribution in [3.63, 3.8) is 0 Å². The molecule has 0 aliphatic rings. The van der Waals surface area contributed by atoms with E-state index in [0.29, 0.717) is 5.66 Å². The van der Waals surface area contributed by atoms with Crippen molar-refractivity contribution in [2.24, 2.45) is 0 Å². The normalized spacial score (nSPS) is 14.0. The van der Waals surface area contributed by atoms with Gasteiger partial charge in [0.15, 0.2) is 0 Å². The van der Waals surface area contributed by atoms with Crippen LogP contribution in [0.3, 0.4) is 0 Å². The number of hydrogen-bond donors (Lipinski definition) is 2. The highest BCUT2D eigenvalue weighted by molar-refractivity contribution is 9.10. The van der Waals surface area contributed by atoms with Gasteiger partial charge in [-0.25, -0.2) is 0 Å². The third kappa shape index (κ3) is 3.90. The van der Waals surface area contributed by atoms with Crippen LogP contribution in [-0.2, 0) is 18.2 Å². The van der Waals surface area contributed by atoms with E-state index < -0.39 is 4.44 Å². The molecule has 0 aliphatic carbocycles. The zero-order chi connectivity index (χ0) is 10.8. The number of thiol groups is 2. The van der Waals surface area contributed by atoms with Crippen LogP contribution in [0.15, 0.2) is 28.7 Å². The molecule has 0 saturated heterocycles. The van der Waals surface area contributed by atoms with Crippen LogP contribution in [0, 0.1) is 0 Å². The van der Waals surface area contributed by atoms with E-state index >= 15 is 0 Å². The molecule has 0 aliphatic heterocycles. The average molecular weight is 327 g/mol. The summed E-state index contributed by atoms with van der Waals surface area (Å²) in [5.74, 6) is 0. The lowest BCUT2D eigenvalue weighted by Crippen LogP contribution is -2.02. The minimum atomic E-state index is -1.74. The molecule has 1 atom stereocenters. The van der Waals surface area contributed by atoms with E-state index in [1.54, 1.807) is 0 Å². The summed E-state index contributed by atoms with van der Waals surface area (Å²) in [6, 6.07) is 8.19. The lowest BCUT2D eigenvalue weighted by atomic mass is 10.1. The summed E-state index contributed by atoms with van der Waals surface area (Å²) in [4.78, 5) is 0. The maximum Gasteiger partial charge on any atom is 0.0544 e. The second-order valence-electron chi connectivity index (χ2n) is 3.23. The van der Waals surface area contributed by atoms with Gasteiger partial charge in [0.1, 0.15) is 0 Å². The van der Waals surface area contributed by atoms with Crippen LogP contribution in [0.2, 0.25) is 0 Å². The summed E-state index contributed by atoms with van der Waals surface area (Å²) in [5.41, 5.74) is 1.63. The molecule has 1 rings (SSSR count). The number of benzene rings is 1. The highest BCUT2D eigenvalue weighted by Gasteiger charge is 2.17. The lowest BCUT2D eigenvalue weighted by Gasteiger charge is -2.18. The zero-order valence-electron chi connectivity index (χ0n) is 7.72. The van der Waals surface area contributed by atoms with Gasteiger partial charge in [-0.2, -0.15) is 0 Å². The van der Waals surface area contributed by atoms with Gasteiger partial charge in [-0.1, -0.05) is 52.9 Å². The fourth-order valence-electron chi connectivity index (χ4n) is 1.10. The maximum absolute atomic E-state index is 5.27. The van der Waals surface area contributed by atoms with Crippen LogP contribution >= 0.6 is 44.9 Å². The number of halogens is 1. The van der Waals surface area contributed by atoms with E-state index in [-0.39, 0.29) is 0 Å². The Balaban J connectivity index is 2.80. The predicted octanol–water partition coefficient (Wildman–Crippen LogP) is 4.55. The first-order chi connectivity index (χ1) is 6.41.